The monoisotopic (exact) mass is 350 g/mol. The molecule has 2 aromatic rings. The molecule has 0 spiro atoms. The fourth-order valence-corrected chi connectivity index (χ4v) is 2.55. The van der Waals surface area contributed by atoms with E-state index in [1.807, 2.05) is 30.3 Å². The Morgan fingerprint density at radius 3 is 2.38 bits per heavy atom. The number of aryl methyl sites for hydroxylation is 1. The van der Waals surface area contributed by atoms with Crippen LogP contribution in [0.5, 0.6) is 17.2 Å². The lowest BCUT2D eigenvalue weighted by Gasteiger charge is -2.14. The largest absolute Gasteiger partial charge is 0.497 e. The lowest BCUT2D eigenvalue weighted by molar-refractivity contribution is 0.292. The van der Waals surface area contributed by atoms with Crippen molar-refractivity contribution < 1.29 is 14.2 Å². The first-order chi connectivity index (χ1) is 10.2. The highest BCUT2D eigenvalue weighted by molar-refractivity contribution is 9.08. The second kappa shape index (κ2) is 7.36. The van der Waals surface area contributed by atoms with Crippen molar-refractivity contribution in [3.05, 3.63) is 53.1 Å². The Morgan fingerprint density at radius 1 is 0.905 bits per heavy atom. The molecule has 2 rings (SSSR count). The van der Waals surface area contributed by atoms with Crippen LogP contribution in [0.15, 0.2) is 36.4 Å². The van der Waals surface area contributed by atoms with Crippen LogP contribution in [0.2, 0.25) is 0 Å². The van der Waals surface area contributed by atoms with Crippen molar-refractivity contribution >= 4 is 15.9 Å². The van der Waals surface area contributed by atoms with Crippen LogP contribution in [-0.4, -0.2) is 14.2 Å². The quantitative estimate of drug-likeness (QED) is 0.718. The fraction of sp³-hybridized carbons (Fsp3) is 0.294. The highest BCUT2D eigenvalue weighted by atomic mass is 79.9. The molecule has 0 bridgehead atoms. The molecule has 0 unspecified atom stereocenters. The molecule has 0 heterocycles. The van der Waals surface area contributed by atoms with Crippen molar-refractivity contribution in [3.8, 4) is 17.2 Å². The minimum atomic E-state index is 0.456. The van der Waals surface area contributed by atoms with Crippen molar-refractivity contribution in [2.75, 3.05) is 14.2 Å². The Kier molecular flexibility index (Phi) is 5.51. The van der Waals surface area contributed by atoms with Crippen LogP contribution in [0.4, 0.5) is 0 Å². The van der Waals surface area contributed by atoms with Gasteiger partial charge in [0, 0.05) is 22.5 Å². The average molecular weight is 351 g/mol. The van der Waals surface area contributed by atoms with E-state index in [0.29, 0.717) is 6.61 Å². The van der Waals surface area contributed by atoms with E-state index < -0.39 is 0 Å². The van der Waals surface area contributed by atoms with E-state index in [-0.39, 0.29) is 0 Å². The molecule has 4 heteroatoms. The maximum Gasteiger partial charge on any atom is 0.127 e. The minimum Gasteiger partial charge on any atom is -0.497 e. The molecule has 112 valence electrons. The number of rotatable bonds is 6. The highest BCUT2D eigenvalue weighted by Crippen LogP contribution is 2.28. The summed E-state index contributed by atoms with van der Waals surface area (Å²) in [5, 5.41) is 0.733. The van der Waals surface area contributed by atoms with E-state index in [1.54, 1.807) is 14.2 Å². The first kappa shape index (κ1) is 15.7. The second-order valence-corrected chi connectivity index (χ2v) is 5.27. The number of hydrogen-bond donors (Lipinski definition) is 0. The first-order valence-corrected chi connectivity index (χ1v) is 7.79. The molecule has 3 nitrogen and oxygen atoms in total. The van der Waals surface area contributed by atoms with Crippen LogP contribution < -0.4 is 14.2 Å². The zero-order chi connectivity index (χ0) is 15.2. The molecule has 0 aliphatic carbocycles. The number of methoxy groups -OCH3 is 2. The van der Waals surface area contributed by atoms with Crippen LogP contribution in [-0.2, 0) is 11.9 Å². The van der Waals surface area contributed by atoms with Gasteiger partial charge in [-0.25, -0.2) is 0 Å². The van der Waals surface area contributed by atoms with Crippen molar-refractivity contribution in [2.24, 2.45) is 0 Å². The average Bonchev–Trinajstić information content (AvgIpc) is 2.52. The number of halogens is 1. The molecule has 0 radical (unpaired) electrons. The summed E-state index contributed by atoms with van der Waals surface area (Å²) in [7, 11) is 3.32. The minimum absolute atomic E-state index is 0.456. The summed E-state index contributed by atoms with van der Waals surface area (Å²) in [4.78, 5) is 0. The van der Waals surface area contributed by atoms with Crippen LogP contribution in [0.1, 0.15) is 16.7 Å². The number of benzene rings is 2. The Labute approximate surface area is 134 Å². The fourth-order valence-electron chi connectivity index (χ4n) is 2.08. The van der Waals surface area contributed by atoms with Gasteiger partial charge in [0.2, 0.25) is 0 Å². The maximum atomic E-state index is 5.96. The molecule has 0 aliphatic heterocycles. The molecular weight excluding hydrogens is 332 g/mol. The molecule has 0 aliphatic rings. The van der Waals surface area contributed by atoms with Gasteiger partial charge in [-0.15, -0.1) is 0 Å². The number of ether oxygens (including phenoxy) is 3. The van der Waals surface area contributed by atoms with E-state index in [4.69, 9.17) is 14.2 Å². The van der Waals surface area contributed by atoms with E-state index in [1.165, 1.54) is 5.56 Å². The van der Waals surface area contributed by atoms with Crippen LogP contribution >= 0.6 is 15.9 Å². The van der Waals surface area contributed by atoms with E-state index in [0.717, 1.165) is 33.7 Å². The van der Waals surface area contributed by atoms with Gasteiger partial charge in [0.25, 0.3) is 0 Å². The molecule has 0 saturated carbocycles. The summed E-state index contributed by atoms with van der Waals surface area (Å²) in [6.45, 7) is 2.51. The normalized spacial score (nSPS) is 10.3. The molecule has 0 fully saturated rings. The van der Waals surface area contributed by atoms with Gasteiger partial charge in [-0.05, 0) is 25.1 Å². The van der Waals surface area contributed by atoms with Crippen molar-refractivity contribution in [1.82, 2.24) is 0 Å². The molecule has 0 saturated heterocycles. The second-order valence-electron chi connectivity index (χ2n) is 4.71. The molecule has 2 aromatic carbocycles. The molecule has 21 heavy (non-hydrogen) atoms. The van der Waals surface area contributed by atoms with Crippen molar-refractivity contribution in [1.29, 1.82) is 0 Å². The molecule has 0 N–H and O–H groups in total. The van der Waals surface area contributed by atoms with Gasteiger partial charge in [-0.1, -0.05) is 33.6 Å². The summed E-state index contributed by atoms with van der Waals surface area (Å²) in [5.41, 5.74) is 3.30. The Hall–Kier alpha value is -1.68. The van der Waals surface area contributed by atoms with Crippen molar-refractivity contribution in [3.63, 3.8) is 0 Å². The third-order valence-electron chi connectivity index (χ3n) is 3.24. The Morgan fingerprint density at radius 2 is 1.71 bits per heavy atom. The summed E-state index contributed by atoms with van der Waals surface area (Å²) in [6, 6.07) is 11.9. The van der Waals surface area contributed by atoms with Gasteiger partial charge >= 0.3 is 0 Å². The van der Waals surface area contributed by atoms with Crippen LogP contribution in [0.3, 0.4) is 0 Å². The Bertz CT molecular complexity index is 611. The van der Waals surface area contributed by atoms with E-state index >= 15 is 0 Å². The van der Waals surface area contributed by atoms with Gasteiger partial charge in [0.05, 0.1) is 14.2 Å². The predicted molar refractivity (Wildman–Crippen MR) is 87.7 cm³/mol. The molecule has 0 amide bonds. The van der Waals surface area contributed by atoms with Crippen LogP contribution in [0, 0.1) is 6.92 Å². The first-order valence-electron chi connectivity index (χ1n) is 6.67. The summed E-state index contributed by atoms with van der Waals surface area (Å²) >= 11 is 3.48. The van der Waals surface area contributed by atoms with E-state index in [9.17, 15) is 0 Å². The number of hydrogen-bond acceptors (Lipinski definition) is 3. The predicted octanol–water partition coefficient (Wildman–Crippen LogP) is 4.49. The topological polar surface area (TPSA) is 27.7 Å². The molecule has 0 atom stereocenters. The van der Waals surface area contributed by atoms with Gasteiger partial charge in [-0.2, -0.15) is 0 Å². The number of alkyl halides is 1. The maximum absolute atomic E-state index is 5.96. The van der Waals surface area contributed by atoms with Crippen LogP contribution in [0.25, 0.3) is 0 Å². The third-order valence-corrected chi connectivity index (χ3v) is 3.84. The summed E-state index contributed by atoms with van der Waals surface area (Å²) in [5.74, 6) is 2.43. The summed E-state index contributed by atoms with van der Waals surface area (Å²) < 4.78 is 16.6. The molecular formula is C17H19BrO3. The lowest BCUT2D eigenvalue weighted by Crippen LogP contribution is -2.01. The van der Waals surface area contributed by atoms with Gasteiger partial charge in [-0.3, -0.25) is 0 Å². The third kappa shape index (κ3) is 3.91. The molecule has 0 aromatic heterocycles. The van der Waals surface area contributed by atoms with Gasteiger partial charge < -0.3 is 14.2 Å². The van der Waals surface area contributed by atoms with Crippen molar-refractivity contribution in [2.45, 2.75) is 18.9 Å². The van der Waals surface area contributed by atoms with E-state index in [2.05, 4.69) is 28.9 Å². The lowest BCUT2D eigenvalue weighted by atomic mass is 10.1. The van der Waals surface area contributed by atoms with Gasteiger partial charge in [0.1, 0.15) is 23.9 Å². The Balaban J connectivity index is 2.21. The standard InChI is InChI=1S/C17H19BrO3/c1-12-4-7-16(20-3)14(8-12)11-21-17-9-15(19-2)6-5-13(17)10-18/h4-9H,10-11H2,1-3H3. The van der Waals surface area contributed by atoms with Gasteiger partial charge in [0.15, 0.2) is 0 Å². The zero-order valence-corrected chi connectivity index (χ0v) is 14.1. The SMILES string of the molecule is COc1ccc(CBr)c(OCc2cc(C)ccc2OC)c1. The summed E-state index contributed by atoms with van der Waals surface area (Å²) in [6.07, 6.45) is 0. The zero-order valence-electron chi connectivity index (χ0n) is 12.5. The smallest absolute Gasteiger partial charge is 0.127 e. The highest BCUT2D eigenvalue weighted by Gasteiger charge is 2.08.